The van der Waals surface area contributed by atoms with Crippen LogP contribution in [-0.2, 0) is 16.1 Å². The van der Waals surface area contributed by atoms with Crippen molar-refractivity contribution in [2.45, 2.75) is 33.7 Å². The number of rotatable bonds is 7. The number of urea groups is 1. The first-order valence-electron chi connectivity index (χ1n) is 8.30. The number of anilines is 1. The quantitative estimate of drug-likeness (QED) is 0.774. The van der Waals surface area contributed by atoms with Gasteiger partial charge in [-0.15, -0.1) is 0 Å². The third-order valence-corrected chi connectivity index (χ3v) is 3.86. The van der Waals surface area contributed by atoms with E-state index < -0.39 is 0 Å². The number of nitrogens with one attached hydrogen (secondary N) is 1. The van der Waals surface area contributed by atoms with Gasteiger partial charge in [0.05, 0.1) is 25.8 Å². The van der Waals surface area contributed by atoms with E-state index in [2.05, 4.69) is 5.32 Å². The molecule has 0 unspecified atom stereocenters. The zero-order chi connectivity index (χ0) is 18.2. The maximum absolute atomic E-state index is 12.6. The first kappa shape index (κ1) is 18.6. The van der Waals surface area contributed by atoms with Crippen molar-refractivity contribution >= 4 is 17.7 Å². The van der Waals surface area contributed by atoms with Crippen molar-refractivity contribution in [2.75, 3.05) is 18.5 Å². The molecule has 0 atom stereocenters. The maximum atomic E-state index is 12.6. The summed E-state index contributed by atoms with van der Waals surface area (Å²) in [5.74, 6) is 0.324. The van der Waals surface area contributed by atoms with Gasteiger partial charge in [-0.05, 0) is 56.2 Å². The van der Waals surface area contributed by atoms with E-state index in [1.54, 1.807) is 25.3 Å². The predicted octanol–water partition coefficient (Wildman–Crippen LogP) is 3.88. The molecule has 1 N–H and O–H groups in total. The normalized spacial score (nSPS) is 10.4. The first-order valence-corrected chi connectivity index (χ1v) is 8.30. The SMILES string of the molecule is CCOC(=O)CCN(Cc1ccco1)C(=O)Nc1ccc(C)c(C)c1. The fourth-order valence-electron chi connectivity index (χ4n) is 2.32. The van der Waals surface area contributed by atoms with Gasteiger partial charge in [0.2, 0.25) is 0 Å². The van der Waals surface area contributed by atoms with E-state index in [1.165, 1.54) is 4.90 Å². The predicted molar refractivity (Wildman–Crippen MR) is 95.3 cm³/mol. The second-order valence-electron chi connectivity index (χ2n) is 5.79. The summed E-state index contributed by atoms with van der Waals surface area (Å²) in [5, 5.41) is 2.87. The summed E-state index contributed by atoms with van der Waals surface area (Å²) in [4.78, 5) is 25.8. The minimum absolute atomic E-state index is 0.134. The van der Waals surface area contributed by atoms with E-state index in [0.29, 0.717) is 18.1 Å². The third kappa shape index (κ3) is 5.67. The number of benzene rings is 1. The van der Waals surface area contributed by atoms with Crippen LogP contribution in [0, 0.1) is 13.8 Å². The molecule has 1 aromatic carbocycles. The Morgan fingerprint density at radius 3 is 2.64 bits per heavy atom. The van der Waals surface area contributed by atoms with Crippen molar-refractivity contribution in [3.05, 3.63) is 53.5 Å². The van der Waals surface area contributed by atoms with Gasteiger partial charge in [0.25, 0.3) is 0 Å². The summed E-state index contributed by atoms with van der Waals surface area (Å²) in [6, 6.07) is 9.01. The average molecular weight is 344 g/mol. The van der Waals surface area contributed by atoms with Crippen LogP contribution >= 0.6 is 0 Å². The molecule has 0 saturated carbocycles. The highest BCUT2D eigenvalue weighted by molar-refractivity contribution is 5.89. The number of hydrogen-bond donors (Lipinski definition) is 1. The van der Waals surface area contributed by atoms with Crippen molar-refractivity contribution in [3.63, 3.8) is 0 Å². The zero-order valence-electron chi connectivity index (χ0n) is 14.9. The number of nitrogens with zero attached hydrogens (tertiary/aromatic N) is 1. The summed E-state index contributed by atoms with van der Waals surface area (Å²) < 4.78 is 10.2. The number of hydrogen-bond acceptors (Lipinski definition) is 4. The molecule has 2 aromatic rings. The smallest absolute Gasteiger partial charge is 0.322 e. The Hall–Kier alpha value is -2.76. The van der Waals surface area contributed by atoms with Crippen molar-refractivity contribution in [1.82, 2.24) is 4.90 Å². The standard InChI is InChI=1S/C19H24N2O4/c1-4-24-18(22)9-10-21(13-17-6-5-11-25-17)19(23)20-16-8-7-14(2)15(3)12-16/h5-8,11-12H,4,9-10,13H2,1-3H3,(H,20,23). The first-order chi connectivity index (χ1) is 12.0. The summed E-state index contributed by atoms with van der Waals surface area (Å²) in [7, 11) is 0. The van der Waals surface area contributed by atoms with E-state index in [4.69, 9.17) is 9.15 Å². The number of furan rings is 1. The van der Waals surface area contributed by atoms with E-state index in [-0.39, 0.29) is 31.5 Å². The number of ether oxygens (including phenoxy) is 1. The molecule has 0 saturated heterocycles. The molecule has 0 radical (unpaired) electrons. The summed E-state index contributed by atoms with van der Waals surface area (Å²) in [5.41, 5.74) is 2.98. The van der Waals surface area contributed by atoms with Gasteiger partial charge in [-0.2, -0.15) is 0 Å². The lowest BCUT2D eigenvalue weighted by Crippen LogP contribution is -2.36. The van der Waals surface area contributed by atoms with E-state index in [9.17, 15) is 9.59 Å². The molecule has 0 fully saturated rings. The number of amides is 2. The van der Waals surface area contributed by atoms with Crippen LogP contribution in [0.5, 0.6) is 0 Å². The van der Waals surface area contributed by atoms with Crippen LogP contribution in [0.25, 0.3) is 0 Å². The van der Waals surface area contributed by atoms with Gasteiger partial charge >= 0.3 is 12.0 Å². The van der Waals surface area contributed by atoms with E-state index in [0.717, 1.165) is 11.1 Å². The lowest BCUT2D eigenvalue weighted by molar-refractivity contribution is -0.143. The van der Waals surface area contributed by atoms with Crippen molar-refractivity contribution < 1.29 is 18.7 Å². The average Bonchev–Trinajstić information content (AvgIpc) is 3.08. The Kier molecular flexibility index (Phi) is 6.62. The lowest BCUT2D eigenvalue weighted by Gasteiger charge is -2.22. The van der Waals surface area contributed by atoms with Crippen molar-refractivity contribution in [2.24, 2.45) is 0 Å². The molecule has 0 aliphatic rings. The van der Waals surface area contributed by atoms with E-state index >= 15 is 0 Å². The molecule has 0 spiro atoms. The number of esters is 1. The molecular formula is C19H24N2O4. The van der Waals surface area contributed by atoms with E-state index in [1.807, 2.05) is 32.0 Å². The highest BCUT2D eigenvalue weighted by Gasteiger charge is 2.17. The van der Waals surface area contributed by atoms with Crippen LogP contribution in [0.2, 0.25) is 0 Å². The Bertz CT molecular complexity index is 710. The van der Waals surface area contributed by atoms with Crippen LogP contribution < -0.4 is 5.32 Å². The largest absolute Gasteiger partial charge is 0.467 e. The minimum Gasteiger partial charge on any atom is -0.467 e. The molecule has 0 aliphatic heterocycles. The van der Waals surface area contributed by atoms with Crippen LogP contribution in [0.3, 0.4) is 0 Å². The van der Waals surface area contributed by atoms with Crippen LogP contribution in [-0.4, -0.2) is 30.1 Å². The second kappa shape index (κ2) is 8.92. The second-order valence-corrected chi connectivity index (χ2v) is 5.79. The van der Waals surface area contributed by atoms with Crippen LogP contribution in [0.15, 0.2) is 41.0 Å². The van der Waals surface area contributed by atoms with Gasteiger partial charge in [-0.1, -0.05) is 6.07 Å². The minimum atomic E-state index is -0.328. The summed E-state index contributed by atoms with van der Waals surface area (Å²) >= 11 is 0. The van der Waals surface area contributed by atoms with Crippen LogP contribution in [0.1, 0.15) is 30.2 Å². The Balaban J connectivity index is 2.05. The summed E-state index contributed by atoms with van der Waals surface area (Å²) in [6.07, 6.45) is 1.69. The van der Waals surface area contributed by atoms with Crippen LogP contribution in [0.4, 0.5) is 10.5 Å². The highest BCUT2D eigenvalue weighted by Crippen LogP contribution is 2.16. The Morgan fingerprint density at radius 1 is 1.20 bits per heavy atom. The third-order valence-electron chi connectivity index (χ3n) is 3.86. The number of carbonyl (C=O) groups excluding carboxylic acids is 2. The topological polar surface area (TPSA) is 71.8 Å². The summed E-state index contributed by atoms with van der Waals surface area (Å²) in [6.45, 7) is 6.62. The molecule has 1 aromatic heterocycles. The van der Waals surface area contributed by atoms with Crippen molar-refractivity contribution in [1.29, 1.82) is 0 Å². The molecule has 25 heavy (non-hydrogen) atoms. The Morgan fingerprint density at radius 2 is 2.00 bits per heavy atom. The number of carbonyl (C=O) groups is 2. The molecule has 2 rings (SSSR count). The molecule has 0 bridgehead atoms. The number of aryl methyl sites for hydroxylation is 2. The van der Waals surface area contributed by atoms with Gasteiger partial charge in [0, 0.05) is 12.2 Å². The van der Waals surface area contributed by atoms with Gasteiger partial charge in [-0.25, -0.2) is 4.79 Å². The lowest BCUT2D eigenvalue weighted by atomic mass is 10.1. The van der Waals surface area contributed by atoms with Crippen molar-refractivity contribution in [3.8, 4) is 0 Å². The van der Waals surface area contributed by atoms with Gasteiger partial charge in [0.1, 0.15) is 5.76 Å². The van der Waals surface area contributed by atoms with Gasteiger partial charge in [-0.3, -0.25) is 4.79 Å². The fraction of sp³-hybridized carbons (Fsp3) is 0.368. The zero-order valence-corrected chi connectivity index (χ0v) is 14.9. The molecule has 2 amide bonds. The Labute approximate surface area is 147 Å². The fourth-order valence-corrected chi connectivity index (χ4v) is 2.32. The molecular weight excluding hydrogens is 320 g/mol. The molecule has 1 heterocycles. The monoisotopic (exact) mass is 344 g/mol. The maximum Gasteiger partial charge on any atom is 0.322 e. The molecule has 6 heteroatoms. The highest BCUT2D eigenvalue weighted by atomic mass is 16.5. The molecule has 0 aliphatic carbocycles. The molecule has 134 valence electrons. The van der Waals surface area contributed by atoms with Gasteiger partial charge < -0.3 is 19.4 Å². The van der Waals surface area contributed by atoms with Gasteiger partial charge in [0.15, 0.2) is 0 Å². The molecule has 6 nitrogen and oxygen atoms in total.